The quantitative estimate of drug-likeness (QED) is 0.690. The number of aromatic nitrogens is 1. The number of rotatable bonds is 4. The largest absolute Gasteiger partial charge is 0.394 e. The van der Waals surface area contributed by atoms with E-state index in [1.807, 2.05) is 24.3 Å². The molecule has 1 N–H and O–H groups in total. The predicted octanol–water partition coefficient (Wildman–Crippen LogP) is 2.70. The van der Waals surface area contributed by atoms with E-state index in [4.69, 9.17) is 0 Å². The summed E-state index contributed by atoms with van der Waals surface area (Å²) in [5, 5.41) is 9.96. The maximum Gasteiger partial charge on any atom is 0.255 e. The number of amides is 2. The lowest BCUT2D eigenvalue weighted by Crippen LogP contribution is -2.73. The molecule has 7 heteroatoms. The third-order valence-corrected chi connectivity index (χ3v) is 6.43. The van der Waals surface area contributed by atoms with E-state index < -0.39 is 0 Å². The molecule has 2 aliphatic rings. The fourth-order valence-corrected chi connectivity index (χ4v) is 4.91. The number of carbonyl (C=O) groups is 2. The molecule has 1 aromatic heterocycles. The lowest BCUT2D eigenvalue weighted by Gasteiger charge is -2.58. The van der Waals surface area contributed by atoms with Crippen molar-refractivity contribution in [3.05, 3.63) is 90.0 Å². The topological polar surface area (TPSA) is 73.7 Å². The van der Waals surface area contributed by atoms with Crippen molar-refractivity contribution in [2.24, 2.45) is 0 Å². The smallest absolute Gasteiger partial charge is 0.255 e. The van der Waals surface area contributed by atoms with Gasteiger partial charge in [-0.15, -0.1) is 0 Å². The van der Waals surface area contributed by atoms with Gasteiger partial charge in [0.25, 0.3) is 5.91 Å². The average molecular weight is 431 g/mol. The Morgan fingerprint density at radius 2 is 1.88 bits per heavy atom. The molecule has 0 spiro atoms. The van der Waals surface area contributed by atoms with Crippen LogP contribution in [0.25, 0.3) is 11.1 Å². The molecule has 3 heterocycles. The summed E-state index contributed by atoms with van der Waals surface area (Å²) in [4.78, 5) is 32.9. The van der Waals surface area contributed by atoms with Gasteiger partial charge in [-0.2, -0.15) is 0 Å². The van der Waals surface area contributed by atoms with Gasteiger partial charge >= 0.3 is 0 Å². The van der Waals surface area contributed by atoms with E-state index in [0.29, 0.717) is 17.7 Å². The van der Waals surface area contributed by atoms with Crippen LogP contribution in [-0.2, 0) is 4.79 Å². The number of pyridine rings is 1. The Labute approximate surface area is 184 Å². The third-order valence-electron chi connectivity index (χ3n) is 6.43. The molecule has 0 aliphatic carbocycles. The monoisotopic (exact) mass is 431 g/mol. The fraction of sp³-hybridized carbons (Fsp3) is 0.240. The van der Waals surface area contributed by atoms with Crippen LogP contribution in [0, 0.1) is 5.82 Å². The second-order valence-electron chi connectivity index (χ2n) is 8.17. The Bertz CT molecular complexity index is 1150. The van der Waals surface area contributed by atoms with E-state index in [1.54, 1.807) is 46.3 Å². The number of aliphatic hydroxyl groups is 1. The molecule has 0 bridgehead atoms. The van der Waals surface area contributed by atoms with Gasteiger partial charge < -0.3 is 14.9 Å². The number of piperazine rings is 1. The minimum atomic E-state index is -0.331. The van der Waals surface area contributed by atoms with Crippen LogP contribution >= 0.6 is 0 Å². The van der Waals surface area contributed by atoms with Crippen molar-refractivity contribution in [1.29, 1.82) is 0 Å². The van der Waals surface area contributed by atoms with Gasteiger partial charge in [0.15, 0.2) is 0 Å². The van der Waals surface area contributed by atoms with E-state index in [0.717, 1.165) is 11.1 Å². The van der Waals surface area contributed by atoms with Crippen LogP contribution in [0.15, 0.2) is 73.1 Å². The third kappa shape index (κ3) is 3.35. The summed E-state index contributed by atoms with van der Waals surface area (Å²) in [7, 11) is 0. The van der Waals surface area contributed by atoms with E-state index in [2.05, 4.69) is 4.98 Å². The zero-order valence-corrected chi connectivity index (χ0v) is 17.3. The highest BCUT2D eigenvalue weighted by molar-refractivity contribution is 5.97. The van der Waals surface area contributed by atoms with Crippen molar-refractivity contribution < 1.29 is 19.1 Å². The first-order chi connectivity index (χ1) is 15.6. The molecular formula is C25H22FN3O3. The lowest BCUT2D eigenvalue weighted by molar-refractivity contribution is -0.159. The fourth-order valence-electron chi connectivity index (χ4n) is 4.91. The second-order valence-corrected chi connectivity index (χ2v) is 8.17. The number of carbonyl (C=O) groups excluding carboxylic acids is 2. The van der Waals surface area contributed by atoms with Crippen LogP contribution in [0.1, 0.15) is 21.8 Å². The van der Waals surface area contributed by atoms with E-state index in [9.17, 15) is 19.1 Å². The number of hydrogen-bond donors (Lipinski definition) is 1. The molecule has 5 rings (SSSR count). The van der Waals surface area contributed by atoms with Crippen LogP contribution < -0.4 is 0 Å². The van der Waals surface area contributed by atoms with Crippen LogP contribution in [0.3, 0.4) is 0 Å². The summed E-state index contributed by atoms with van der Waals surface area (Å²) in [5.41, 5.74) is 2.68. The number of halogens is 1. The van der Waals surface area contributed by atoms with Crippen molar-refractivity contribution in [3.8, 4) is 11.1 Å². The minimum absolute atomic E-state index is 0.0142. The molecule has 2 amide bonds. The molecule has 0 unspecified atom stereocenters. The van der Waals surface area contributed by atoms with Crippen molar-refractivity contribution in [2.45, 2.75) is 18.0 Å². The van der Waals surface area contributed by atoms with Gasteiger partial charge in [0, 0.05) is 30.4 Å². The Hall–Kier alpha value is -3.58. The van der Waals surface area contributed by atoms with Gasteiger partial charge in [0.2, 0.25) is 5.91 Å². The average Bonchev–Trinajstić information content (AvgIpc) is 2.81. The SMILES string of the molecule is O=C(c1cccnc1)N1CC(=O)N2[C@H](CO)[C@@H](c3ccc(-c4ccccc4F)cc3)[C@H]2C1. The van der Waals surface area contributed by atoms with Crippen molar-refractivity contribution in [1.82, 2.24) is 14.8 Å². The first-order valence-electron chi connectivity index (χ1n) is 10.5. The normalized spacial score (nSPS) is 22.3. The van der Waals surface area contributed by atoms with E-state index in [1.165, 1.54) is 12.3 Å². The van der Waals surface area contributed by atoms with Crippen LogP contribution in [0.5, 0.6) is 0 Å². The first-order valence-corrected chi connectivity index (χ1v) is 10.5. The molecule has 32 heavy (non-hydrogen) atoms. The Kier molecular flexibility index (Phi) is 5.19. The molecule has 162 valence electrons. The molecule has 3 atom stereocenters. The summed E-state index contributed by atoms with van der Waals surface area (Å²) in [6, 6.07) is 17.0. The summed E-state index contributed by atoms with van der Waals surface area (Å²) < 4.78 is 14.1. The maximum absolute atomic E-state index is 14.1. The van der Waals surface area contributed by atoms with Gasteiger partial charge in [-0.25, -0.2) is 4.39 Å². The highest BCUT2D eigenvalue weighted by Crippen LogP contribution is 2.43. The molecule has 0 radical (unpaired) electrons. The second kappa shape index (κ2) is 8.16. The molecule has 2 saturated heterocycles. The molecule has 2 aromatic carbocycles. The van der Waals surface area contributed by atoms with Crippen LogP contribution in [-0.4, -0.2) is 63.5 Å². The zero-order chi connectivity index (χ0) is 22.2. The van der Waals surface area contributed by atoms with Gasteiger partial charge in [-0.1, -0.05) is 42.5 Å². The number of nitrogens with zero attached hydrogens (tertiary/aromatic N) is 3. The van der Waals surface area contributed by atoms with E-state index >= 15 is 0 Å². The highest BCUT2D eigenvalue weighted by atomic mass is 19.1. The highest BCUT2D eigenvalue weighted by Gasteiger charge is 2.54. The summed E-state index contributed by atoms with van der Waals surface area (Å²) in [6.07, 6.45) is 3.09. The van der Waals surface area contributed by atoms with E-state index in [-0.39, 0.29) is 48.8 Å². The van der Waals surface area contributed by atoms with Crippen molar-refractivity contribution >= 4 is 11.8 Å². The molecule has 2 aliphatic heterocycles. The van der Waals surface area contributed by atoms with Gasteiger partial charge in [0.1, 0.15) is 12.4 Å². The number of fused-ring (bicyclic) bond motifs is 1. The number of hydrogen-bond acceptors (Lipinski definition) is 4. The molecule has 6 nitrogen and oxygen atoms in total. The van der Waals surface area contributed by atoms with Gasteiger partial charge in [-0.3, -0.25) is 14.6 Å². The number of benzene rings is 2. The maximum atomic E-state index is 14.1. The van der Waals surface area contributed by atoms with Crippen LogP contribution in [0.2, 0.25) is 0 Å². The number of aliphatic hydroxyl groups excluding tert-OH is 1. The van der Waals surface area contributed by atoms with Gasteiger partial charge in [0.05, 0.1) is 24.3 Å². The minimum Gasteiger partial charge on any atom is -0.394 e. The summed E-state index contributed by atoms with van der Waals surface area (Å²) >= 11 is 0. The Morgan fingerprint density at radius 3 is 2.56 bits per heavy atom. The molecular weight excluding hydrogens is 409 g/mol. The lowest BCUT2D eigenvalue weighted by atomic mass is 9.73. The summed E-state index contributed by atoms with van der Waals surface area (Å²) in [6.45, 7) is 0.216. The first kappa shape index (κ1) is 20.3. The van der Waals surface area contributed by atoms with Gasteiger partial charge in [-0.05, 0) is 29.3 Å². The van der Waals surface area contributed by atoms with Crippen molar-refractivity contribution in [2.75, 3.05) is 19.7 Å². The summed E-state index contributed by atoms with van der Waals surface area (Å²) in [5.74, 6) is -0.794. The van der Waals surface area contributed by atoms with Crippen molar-refractivity contribution in [3.63, 3.8) is 0 Å². The molecule has 3 aromatic rings. The molecule has 0 saturated carbocycles. The standard InChI is InChI=1S/C25H22FN3O3/c26-20-6-2-1-5-19(20)16-7-9-17(10-8-16)24-21-13-28(14-23(31)29(21)22(24)15-30)25(32)18-4-3-11-27-12-18/h1-12,21-22,24,30H,13-15H2/t21-,22-,24+/m1/s1. The zero-order valence-electron chi connectivity index (χ0n) is 17.3. The predicted molar refractivity (Wildman–Crippen MR) is 116 cm³/mol. The Morgan fingerprint density at radius 1 is 1.09 bits per heavy atom. The Balaban J connectivity index is 1.40. The van der Waals surface area contributed by atoms with Crippen LogP contribution in [0.4, 0.5) is 4.39 Å². The molecule has 2 fully saturated rings.